The lowest BCUT2D eigenvalue weighted by Crippen LogP contribution is -2.30. The number of hydrogen-bond donors (Lipinski definition) is 2. The molecule has 3 N–H and O–H groups in total. The summed E-state index contributed by atoms with van der Waals surface area (Å²) >= 11 is 1.72. The van der Waals surface area contributed by atoms with Crippen molar-refractivity contribution in [3.05, 3.63) is 12.2 Å². The number of carboxylic acids is 1. The highest BCUT2D eigenvalue weighted by Crippen LogP contribution is 2.09. The third-order valence-corrected chi connectivity index (χ3v) is 2.58. The number of aliphatic carboxylic acids is 1. The average Bonchev–Trinajstić information content (AvgIpc) is 2.02. The standard InChI is InChI=1S/C9H17NO2S/c1-7(2)3-5-13-6-4-8(10)9(11)12/h8H,1,3-6,10H2,2H3,(H,11,12). The summed E-state index contributed by atoms with van der Waals surface area (Å²) in [6.45, 7) is 5.77. The van der Waals surface area contributed by atoms with Crippen LogP contribution < -0.4 is 5.73 Å². The molecule has 0 radical (unpaired) electrons. The molecular formula is C9H17NO2S. The maximum atomic E-state index is 10.3. The van der Waals surface area contributed by atoms with Crippen LogP contribution in [0.1, 0.15) is 19.8 Å². The van der Waals surface area contributed by atoms with Crippen LogP contribution in [0.15, 0.2) is 12.2 Å². The second-order valence-electron chi connectivity index (χ2n) is 3.05. The Kier molecular flexibility index (Phi) is 6.72. The number of carboxylic acid groups (broad SMARTS) is 1. The molecule has 76 valence electrons. The first-order valence-electron chi connectivity index (χ1n) is 4.24. The summed E-state index contributed by atoms with van der Waals surface area (Å²) in [4.78, 5) is 10.3. The van der Waals surface area contributed by atoms with Crippen molar-refractivity contribution in [3.63, 3.8) is 0 Å². The molecule has 13 heavy (non-hydrogen) atoms. The Hall–Kier alpha value is -0.480. The quantitative estimate of drug-likeness (QED) is 0.486. The summed E-state index contributed by atoms with van der Waals surface area (Å²) in [6.07, 6.45) is 1.53. The van der Waals surface area contributed by atoms with E-state index in [-0.39, 0.29) is 0 Å². The zero-order valence-electron chi connectivity index (χ0n) is 7.95. The fourth-order valence-corrected chi connectivity index (χ4v) is 1.80. The summed E-state index contributed by atoms with van der Waals surface area (Å²) in [5.41, 5.74) is 6.49. The van der Waals surface area contributed by atoms with Gasteiger partial charge in [0.1, 0.15) is 6.04 Å². The SMILES string of the molecule is C=C(C)CCSCCC(N)C(=O)O. The van der Waals surface area contributed by atoms with E-state index < -0.39 is 12.0 Å². The molecule has 0 aliphatic carbocycles. The van der Waals surface area contributed by atoms with E-state index in [1.165, 1.54) is 0 Å². The van der Waals surface area contributed by atoms with Crippen LogP contribution in [-0.2, 0) is 4.79 Å². The Morgan fingerprint density at radius 2 is 2.23 bits per heavy atom. The van der Waals surface area contributed by atoms with Crippen LogP contribution in [0.5, 0.6) is 0 Å². The number of thioether (sulfide) groups is 1. The number of nitrogens with two attached hydrogens (primary N) is 1. The highest BCUT2D eigenvalue weighted by Gasteiger charge is 2.09. The minimum atomic E-state index is -0.916. The maximum absolute atomic E-state index is 10.3. The van der Waals surface area contributed by atoms with Gasteiger partial charge in [-0.25, -0.2) is 0 Å². The van der Waals surface area contributed by atoms with Crippen LogP contribution in [0.3, 0.4) is 0 Å². The summed E-state index contributed by atoms with van der Waals surface area (Å²) in [5, 5.41) is 8.48. The minimum absolute atomic E-state index is 0.538. The van der Waals surface area contributed by atoms with E-state index in [0.717, 1.165) is 23.5 Å². The van der Waals surface area contributed by atoms with E-state index in [1.807, 2.05) is 6.92 Å². The van der Waals surface area contributed by atoms with Gasteiger partial charge in [0, 0.05) is 0 Å². The molecule has 0 aromatic heterocycles. The van der Waals surface area contributed by atoms with E-state index in [2.05, 4.69) is 6.58 Å². The van der Waals surface area contributed by atoms with Crippen LogP contribution in [0.2, 0.25) is 0 Å². The van der Waals surface area contributed by atoms with Gasteiger partial charge in [0.05, 0.1) is 0 Å². The summed E-state index contributed by atoms with van der Waals surface area (Å²) in [5.74, 6) is 0.892. The molecule has 3 nitrogen and oxygen atoms in total. The monoisotopic (exact) mass is 203 g/mol. The minimum Gasteiger partial charge on any atom is -0.480 e. The van der Waals surface area contributed by atoms with Crippen molar-refractivity contribution in [2.45, 2.75) is 25.8 Å². The molecule has 0 heterocycles. The predicted octanol–water partition coefficient (Wildman–Crippen LogP) is 1.49. The van der Waals surface area contributed by atoms with E-state index >= 15 is 0 Å². The lowest BCUT2D eigenvalue weighted by atomic mass is 10.2. The molecule has 0 fully saturated rings. The maximum Gasteiger partial charge on any atom is 0.320 e. The van der Waals surface area contributed by atoms with Crippen LogP contribution >= 0.6 is 11.8 Å². The normalized spacial score (nSPS) is 12.5. The molecule has 0 saturated heterocycles. The van der Waals surface area contributed by atoms with Gasteiger partial charge in [0.15, 0.2) is 0 Å². The first-order chi connectivity index (χ1) is 6.04. The molecule has 0 amide bonds. The number of rotatable bonds is 7. The van der Waals surface area contributed by atoms with Crippen molar-refractivity contribution in [2.75, 3.05) is 11.5 Å². The van der Waals surface area contributed by atoms with Crippen LogP contribution in [0.25, 0.3) is 0 Å². The summed E-state index contributed by atoms with van der Waals surface area (Å²) < 4.78 is 0. The van der Waals surface area contributed by atoms with Gasteiger partial charge >= 0.3 is 5.97 Å². The van der Waals surface area contributed by atoms with Gasteiger partial charge in [0.25, 0.3) is 0 Å². The highest BCUT2D eigenvalue weighted by molar-refractivity contribution is 7.99. The Morgan fingerprint density at radius 3 is 2.69 bits per heavy atom. The van der Waals surface area contributed by atoms with E-state index in [4.69, 9.17) is 10.8 Å². The third kappa shape index (κ3) is 7.87. The first-order valence-corrected chi connectivity index (χ1v) is 5.40. The topological polar surface area (TPSA) is 63.3 Å². The number of carbonyl (C=O) groups is 1. The summed E-state index contributed by atoms with van der Waals surface area (Å²) in [7, 11) is 0. The predicted molar refractivity (Wildman–Crippen MR) is 57.0 cm³/mol. The molecule has 0 aliphatic heterocycles. The summed E-state index contributed by atoms with van der Waals surface area (Å²) in [6, 6.07) is -0.711. The molecule has 4 heteroatoms. The Labute approximate surface area is 83.4 Å². The van der Waals surface area contributed by atoms with E-state index in [9.17, 15) is 4.79 Å². The Balaban J connectivity index is 3.26. The third-order valence-electron chi connectivity index (χ3n) is 1.56. The second kappa shape index (κ2) is 6.97. The highest BCUT2D eigenvalue weighted by atomic mass is 32.2. The van der Waals surface area contributed by atoms with Gasteiger partial charge in [-0.1, -0.05) is 5.57 Å². The van der Waals surface area contributed by atoms with Crippen molar-refractivity contribution >= 4 is 17.7 Å². The Bertz CT molecular complexity index is 182. The lowest BCUT2D eigenvalue weighted by Gasteiger charge is -2.05. The van der Waals surface area contributed by atoms with E-state index in [1.54, 1.807) is 11.8 Å². The zero-order chi connectivity index (χ0) is 10.3. The Morgan fingerprint density at radius 1 is 1.62 bits per heavy atom. The van der Waals surface area contributed by atoms with Gasteiger partial charge in [0.2, 0.25) is 0 Å². The fraction of sp³-hybridized carbons (Fsp3) is 0.667. The molecule has 0 aromatic carbocycles. The van der Waals surface area contributed by atoms with Crippen molar-refractivity contribution in [1.29, 1.82) is 0 Å². The molecule has 0 aromatic rings. The number of allylic oxidation sites excluding steroid dienone is 1. The lowest BCUT2D eigenvalue weighted by molar-refractivity contribution is -0.138. The van der Waals surface area contributed by atoms with Crippen LogP contribution in [0, 0.1) is 0 Å². The average molecular weight is 203 g/mol. The first kappa shape index (κ1) is 12.5. The molecule has 0 rings (SSSR count). The van der Waals surface area contributed by atoms with Gasteiger partial charge < -0.3 is 10.8 Å². The van der Waals surface area contributed by atoms with Gasteiger partial charge in [-0.15, -0.1) is 6.58 Å². The molecule has 0 bridgehead atoms. The van der Waals surface area contributed by atoms with E-state index in [0.29, 0.717) is 6.42 Å². The molecular weight excluding hydrogens is 186 g/mol. The van der Waals surface area contributed by atoms with Crippen LogP contribution in [0.4, 0.5) is 0 Å². The van der Waals surface area contributed by atoms with Crippen molar-refractivity contribution in [2.24, 2.45) is 5.73 Å². The van der Waals surface area contributed by atoms with Gasteiger partial charge in [-0.3, -0.25) is 4.79 Å². The van der Waals surface area contributed by atoms with Crippen molar-refractivity contribution in [1.82, 2.24) is 0 Å². The molecule has 1 atom stereocenters. The smallest absolute Gasteiger partial charge is 0.320 e. The largest absolute Gasteiger partial charge is 0.480 e. The second-order valence-corrected chi connectivity index (χ2v) is 4.28. The van der Waals surface area contributed by atoms with Gasteiger partial charge in [-0.2, -0.15) is 11.8 Å². The molecule has 0 aliphatic rings. The molecule has 0 spiro atoms. The zero-order valence-corrected chi connectivity index (χ0v) is 8.77. The number of hydrogen-bond acceptors (Lipinski definition) is 3. The molecule has 0 saturated carbocycles. The van der Waals surface area contributed by atoms with Crippen molar-refractivity contribution in [3.8, 4) is 0 Å². The fourth-order valence-electron chi connectivity index (χ4n) is 0.682. The molecule has 1 unspecified atom stereocenters. The van der Waals surface area contributed by atoms with Crippen LogP contribution in [-0.4, -0.2) is 28.6 Å². The van der Waals surface area contributed by atoms with Crippen molar-refractivity contribution < 1.29 is 9.90 Å². The van der Waals surface area contributed by atoms with Gasteiger partial charge in [-0.05, 0) is 31.3 Å².